The second-order valence-electron chi connectivity index (χ2n) is 2.30. The Morgan fingerprint density at radius 3 is 2.29 bits per heavy atom. The van der Waals surface area contributed by atoms with Crippen LogP contribution in [0.25, 0.3) is 0 Å². The minimum Gasteiger partial charge on any atom is -0.0748 e. The first-order valence-corrected chi connectivity index (χ1v) is 5.72. The van der Waals surface area contributed by atoms with E-state index in [2.05, 4.69) is 20.4 Å². The minimum atomic E-state index is 0.356. The van der Waals surface area contributed by atoms with Crippen LogP contribution in [0.4, 0.5) is 0 Å². The maximum Gasteiger partial charge on any atom is 0.0169 e. The molecule has 7 heavy (non-hydrogen) atoms. The highest BCUT2D eigenvalue weighted by molar-refractivity contribution is 6.33. The summed E-state index contributed by atoms with van der Waals surface area (Å²) in [5.41, 5.74) is 0. The van der Waals surface area contributed by atoms with E-state index in [1.807, 2.05) is 0 Å². The lowest BCUT2D eigenvalue weighted by atomic mass is 10.2. The average Bonchev–Trinajstić information content (AvgIpc) is 1.68. The monoisotopic (exact) mass is 116 g/mol. The Morgan fingerprint density at radius 2 is 2.14 bits per heavy atom. The molecular weight excluding hydrogens is 100 g/mol. The molecule has 1 atom stereocenters. The summed E-state index contributed by atoms with van der Waals surface area (Å²) in [6.07, 6.45) is 1.38. The molecule has 0 aliphatic heterocycles. The third-order valence-corrected chi connectivity index (χ3v) is 3.04. The van der Waals surface area contributed by atoms with Crippen LogP contribution in [-0.4, -0.2) is 9.52 Å². The molecular formula is C6H16Si. The molecule has 0 spiro atoms. The fraction of sp³-hybridized carbons (Fsp3) is 1.00. The Kier molecular flexibility index (Phi) is 4.51. The van der Waals surface area contributed by atoms with Gasteiger partial charge in [0.05, 0.1) is 0 Å². The summed E-state index contributed by atoms with van der Waals surface area (Å²) in [6, 6.07) is 1.54. The summed E-state index contributed by atoms with van der Waals surface area (Å²) in [5, 5.41) is 0. The van der Waals surface area contributed by atoms with Gasteiger partial charge in [-0.3, -0.25) is 0 Å². The SMILES string of the molecule is CCC(C)C[SiH2]C. The van der Waals surface area contributed by atoms with E-state index in [1.165, 1.54) is 12.5 Å². The Morgan fingerprint density at radius 1 is 1.57 bits per heavy atom. The quantitative estimate of drug-likeness (QED) is 0.492. The number of hydrogen-bond donors (Lipinski definition) is 0. The molecule has 0 amide bonds. The molecule has 1 unspecified atom stereocenters. The summed E-state index contributed by atoms with van der Waals surface area (Å²) in [4.78, 5) is 0. The van der Waals surface area contributed by atoms with E-state index < -0.39 is 0 Å². The Labute approximate surface area is 49.1 Å². The van der Waals surface area contributed by atoms with Crippen LogP contribution in [-0.2, 0) is 0 Å². The van der Waals surface area contributed by atoms with Gasteiger partial charge in [-0.05, 0) is 5.92 Å². The van der Waals surface area contributed by atoms with Crippen molar-refractivity contribution in [2.24, 2.45) is 5.92 Å². The van der Waals surface area contributed by atoms with E-state index in [4.69, 9.17) is 0 Å². The van der Waals surface area contributed by atoms with Crippen molar-refractivity contribution in [2.75, 3.05) is 0 Å². The lowest BCUT2D eigenvalue weighted by molar-refractivity contribution is 0.623. The van der Waals surface area contributed by atoms with Gasteiger partial charge >= 0.3 is 0 Å². The van der Waals surface area contributed by atoms with Gasteiger partial charge in [-0.1, -0.05) is 32.9 Å². The highest BCUT2D eigenvalue weighted by Gasteiger charge is 1.93. The van der Waals surface area contributed by atoms with E-state index in [9.17, 15) is 0 Å². The minimum absolute atomic E-state index is 0.356. The van der Waals surface area contributed by atoms with Gasteiger partial charge in [0.25, 0.3) is 0 Å². The van der Waals surface area contributed by atoms with Crippen LogP contribution in [0.5, 0.6) is 0 Å². The molecule has 0 nitrogen and oxygen atoms in total. The largest absolute Gasteiger partial charge is 0.0748 e. The second kappa shape index (κ2) is 4.38. The van der Waals surface area contributed by atoms with Crippen molar-refractivity contribution in [1.82, 2.24) is 0 Å². The molecule has 1 heteroatoms. The van der Waals surface area contributed by atoms with E-state index in [1.54, 1.807) is 0 Å². The summed E-state index contributed by atoms with van der Waals surface area (Å²) in [6.45, 7) is 7.00. The molecule has 0 aliphatic carbocycles. The van der Waals surface area contributed by atoms with Crippen LogP contribution in [0.1, 0.15) is 20.3 Å². The van der Waals surface area contributed by atoms with Gasteiger partial charge in [0.2, 0.25) is 0 Å². The van der Waals surface area contributed by atoms with E-state index >= 15 is 0 Å². The van der Waals surface area contributed by atoms with Gasteiger partial charge < -0.3 is 0 Å². The second-order valence-corrected chi connectivity index (χ2v) is 3.88. The van der Waals surface area contributed by atoms with Crippen molar-refractivity contribution in [3.63, 3.8) is 0 Å². The van der Waals surface area contributed by atoms with Gasteiger partial charge in [-0.15, -0.1) is 0 Å². The molecule has 0 saturated heterocycles. The molecule has 0 aromatic rings. The summed E-state index contributed by atoms with van der Waals surface area (Å²) < 4.78 is 0. The normalized spacial score (nSPS) is 15.9. The lowest BCUT2D eigenvalue weighted by Crippen LogP contribution is -1.93. The fourth-order valence-electron chi connectivity index (χ4n) is 0.697. The van der Waals surface area contributed by atoms with Crippen LogP contribution in [0.2, 0.25) is 12.6 Å². The highest BCUT2D eigenvalue weighted by Crippen LogP contribution is 2.04. The Hall–Kier alpha value is 0.217. The molecule has 0 aromatic carbocycles. The van der Waals surface area contributed by atoms with Gasteiger partial charge in [0, 0.05) is 9.52 Å². The van der Waals surface area contributed by atoms with Crippen molar-refractivity contribution in [2.45, 2.75) is 32.9 Å². The highest BCUT2D eigenvalue weighted by atomic mass is 28.2. The third-order valence-electron chi connectivity index (χ3n) is 1.48. The molecule has 0 fully saturated rings. The molecule has 0 radical (unpaired) electrons. The van der Waals surface area contributed by atoms with Crippen LogP contribution >= 0.6 is 0 Å². The molecule has 0 aliphatic rings. The van der Waals surface area contributed by atoms with E-state index in [-0.39, 0.29) is 0 Å². The maximum absolute atomic E-state index is 2.38. The molecule has 0 saturated carbocycles. The first-order valence-electron chi connectivity index (χ1n) is 3.31. The zero-order valence-corrected chi connectivity index (χ0v) is 7.11. The Balaban J connectivity index is 2.83. The maximum atomic E-state index is 2.38. The molecule has 0 rings (SSSR count). The number of hydrogen-bond acceptors (Lipinski definition) is 0. The van der Waals surface area contributed by atoms with Crippen LogP contribution in [0.3, 0.4) is 0 Å². The number of rotatable bonds is 3. The van der Waals surface area contributed by atoms with Crippen molar-refractivity contribution in [3.05, 3.63) is 0 Å². The van der Waals surface area contributed by atoms with Crippen LogP contribution in [0.15, 0.2) is 0 Å². The standard InChI is InChI=1S/C6H16Si/c1-4-6(2)5-7-3/h6H,4-5,7H2,1-3H3. The lowest BCUT2D eigenvalue weighted by Gasteiger charge is -2.02. The van der Waals surface area contributed by atoms with Gasteiger partial charge in [-0.2, -0.15) is 0 Å². The van der Waals surface area contributed by atoms with Gasteiger partial charge in [0.15, 0.2) is 0 Å². The van der Waals surface area contributed by atoms with Gasteiger partial charge in [0.1, 0.15) is 0 Å². The molecule has 0 heterocycles. The first kappa shape index (κ1) is 7.22. The van der Waals surface area contributed by atoms with Crippen molar-refractivity contribution < 1.29 is 0 Å². The Bertz CT molecular complexity index is 35.2. The third kappa shape index (κ3) is 4.06. The van der Waals surface area contributed by atoms with Crippen LogP contribution in [0, 0.1) is 5.92 Å². The van der Waals surface area contributed by atoms with Crippen LogP contribution < -0.4 is 0 Å². The van der Waals surface area contributed by atoms with E-state index in [0.29, 0.717) is 9.52 Å². The van der Waals surface area contributed by atoms with E-state index in [0.717, 1.165) is 5.92 Å². The zero-order valence-electron chi connectivity index (χ0n) is 5.70. The van der Waals surface area contributed by atoms with Gasteiger partial charge in [-0.25, -0.2) is 0 Å². The van der Waals surface area contributed by atoms with Crippen molar-refractivity contribution >= 4 is 9.52 Å². The fourth-order valence-corrected chi connectivity index (χ4v) is 2.09. The zero-order chi connectivity index (χ0) is 5.70. The summed E-state index contributed by atoms with van der Waals surface area (Å²) in [5.74, 6) is 1.01. The predicted molar refractivity (Wildman–Crippen MR) is 38.7 cm³/mol. The smallest absolute Gasteiger partial charge is 0.0169 e. The molecule has 44 valence electrons. The van der Waals surface area contributed by atoms with Crippen molar-refractivity contribution in [1.29, 1.82) is 0 Å². The summed E-state index contributed by atoms with van der Waals surface area (Å²) >= 11 is 0. The molecule has 0 bridgehead atoms. The summed E-state index contributed by atoms with van der Waals surface area (Å²) in [7, 11) is 0.356. The topological polar surface area (TPSA) is 0 Å². The molecule has 0 aromatic heterocycles. The predicted octanol–water partition coefficient (Wildman–Crippen LogP) is 1.67. The first-order chi connectivity index (χ1) is 3.31. The molecule has 0 N–H and O–H groups in total. The average molecular weight is 116 g/mol. The van der Waals surface area contributed by atoms with Crippen molar-refractivity contribution in [3.8, 4) is 0 Å².